The van der Waals surface area contributed by atoms with E-state index in [2.05, 4.69) is 39.9 Å². The summed E-state index contributed by atoms with van der Waals surface area (Å²) in [7, 11) is 0. The van der Waals surface area contributed by atoms with Crippen molar-refractivity contribution in [3.63, 3.8) is 0 Å². The first-order valence-corrected chi connectivity index (χ1v) is 8.15. The van der Waals surface area contributed by atoms with E-state index < -0.39 is 0 Å². The Balaban J connectivity index is 2.42. The zero-order chi connectivity index (χ0) is 13.6. The van der Waals surface area contributed by atoms with E-state index in [4.69, 9.17) is 0 Å². The molecule has 0 spiro atoms. The van der Waals surface area contributed by atoms with Crippen LogP contribution >= 0.6 is 0 Å². The molecular weight excluding hydrogens is 218 g/mol. The first-order chi connectivity index (χ1) is 8.44. The van der Waals surface area contributed by atoms with Crippen LogP contribution < -0.4 is 5.32 Å². The van der Waals surface area contributed by atoms with Crippen LogP contribution in [-0.2, 0) is 0 Å². The van der Waals surface area contributed by atoms with Crippen molar-refractivity contribution in [3.8, 4) is 0 Å². The van der Waals surface area contributed by atoms with Gasteiger partial charge >= 0.3 is 0 Å². The highest BCUT2D eigenvalue weighted by Crippen LogP contribution is 2.43. The summed E-state index contributed by atoms with van der Waals surface area (Å²) in [5.74, 6) is 2.68. The minimum atomic E-state index is 0.590. The molecule has 0 aromatic rings. The van der Waals surface area contributed by atoms with Crippen LogP contribution in [-0.4, -0.2) is 13.1 Å². The molecule has 1 nitrogen and oxygen atoms in total. The first kappa shape index (κ1) is 16.0. The highest BCUT2D eigenvalue weighted by Gasteiger charge is 2.33. The first-order valence-electron chi connectivity index (χ1n) is 8.15. The van der Waals surface area contributed by atoms with Gasteiger partial charge < -0.3 is 5.32 Å². The molecular formula is C17H35N. The Labute approximate surface area is 115 Å². The molecule has 1 aliphatic rings. The largest absolute Gasteiger partial charge is 0.316 e. The molecule has 0 aromatic carbocycles. The topological polar surface area (TPSA) is 12.0 Å². The van der Waals surface area contributed by atoms with Crippen LogP contribution in [0.3, 0.4) is 0 Å². The van der Waals surface area contributed by atoms with E-state index in [1.54, 1.807) is 0 Å². The van der Waals surface area contributed by atoms with E-state index in [9.17, 15) is 0 Å². The van der Waals surface area contributed by atoms with E-state index in [-0.39, 0.29) is 0 Å². The Kier molecular flexibility index (Phi) is 6.70. The molecule has 1 N–H and O–H groups in total. The summed E-state index contributed by atoms with van der Waals surface area (Å²) < 4.78 is 0. The van der Waals surface area contributed by atoms with Gasteiger partial charge in [0.1, 0.15) is 0 Å². The third-order valence-corrected chi connectivity index (χ3v) is 4.56. The molecule has 1 heteroatoms. The molecule has 1 saturated carbocycles. The number of nitrogens with one attached hydrogen (secondary N) is 1. The van der Waals surface area contributed by atoms with Crippen LogP contribution in [0, 0.1) is 23.2 Å². The summed E-state index contributed by atoms with van der Waals surface area (Å²) in [6.45, 7) is 14.3. The molecule has 0 bridgehead atoms. The second-order valence-corrected chi connectivity index (χ2v) is 7.62. The fraction of sp³-hybridized carbons (Fsp3) is 1.00. The second-order valence-electron chi connectivity index (χ2n) is 7.62. The molecule has 1 rings (SSSR count). The van der Waals surface area contributed by atoms with Crippen molar-refractivity contribution in [1.29, 1.82) is 0 Å². The maximum Gasteiger partial charge on any atom is -0.00177 e. The zero-order valence-corrected chi connectivity index (χ0v) is 13.4. The molecule has 2 atom stereocenters. The third-order valence-electron chi connectivity index (χ3n) is 4.56. The van der Waals surface area contributed by atoms with E-state index in [0.29, 0.717) is 5.41 Å². The lowest BCUT2D eigenvalue weighted by Gasteiger charge is -2.41. The van der Waals surface area contributed by atoms with E-state index in [0.717, 1.165) is 17.8 Å². The smallest absolute Gasteiger partial charge is 0.00177 e. The Bertz CT molecular complexity index is 220. The van der Waals surface area contributed by atoms with Gasteiger partial charge in [0.15, 0.2) is 0 Å². The van der Waals surface area contributed by atoms with Crippen molar-refractivity contribution in [1.82, 2.24) is 5.32 Å². The van der Waals surface area contributed by atoms with Crippen molar-refractivity contribution in [2.45, 2.75) is 73.1 Å². The van der Waals surface area contributed by atoms with Crippen LogP contribution in [0.2, 0.25) is 0 Å². The SMILES string of the molecule is CCCCC1CC(C)(C)CCC1CNCC(C)C. The Hall–Kier alpha value is -0.0400. The third kappa shape index (κ3) is 5.73. The quantitative estimate of drug-likeness (QED) is 0.683. The van der Waals surface area contributed by atoms with Gasteiger partial charge in [-0.25, -0.2) is 0 Å². The lowest BCUT2D eigenvalue weighted by molar-refractivity contribution is 0.107. The van der Waals surface area contributed by atoms with E-state index in [1.807, 2.05) is 0 Å². The number of unbranched alkanes of at least 4 members (excludes halogenated alkanes) is 1. The van der Waals surface area contributed by atoms with Gasteiger partial charge in [0.2, 0.25) is 0 Å². The Morgan fingerprint density at radius 3 is 2.56 bits per heavy atom. The molecule has 0 aromatic heterocycles. The van der Waals surface area contributed by atoms with Crippen molar-refractivity contribution >= 4 is 0 Å². The summed E-state index contributed by atoms with van der Waals surface area (Å²) in [5.41, 5.74) is 0.590. The maximum absolute atomic E-state index is 3.69. The minimum Gasteiger partial charge on any atom is -0.316 e. The van der Waals surface area contributed by atoms with Crippen molar-refractivity contribution in [3.05, 3.63) is 0 Å². The predicted octanol–water partition coefficient (Wildman–Crippen LogP) is 4.86. The van der Waals surface area contributed by atoms with Crippen LogP contribution in [0.4, 0.5) is 0 Å². The highest BCUT2D eigenvalue weighted by molar-refractivity contribution is 4.86. The van der Waals surface area contributed by atoms with Gasteiger partial charge in [-0.05, 0) is 55.5 Å². The summed E-state index contributed by atoms with van der Waals surface area (Å²) in [6.07, 6.45) is 8.52. The van der Waals surface area contributed by atoms with Gasteiger partial charge in [-0.3, -0.25) is 0 Å². The molecule has 2 unspecified atom stereocenters. The average Bonchev–Trinajstić information content (AvgIpc) is 2.28. The molecule has 0 aliphatic heterocycles. The molecule has 1 aliphatic carbocycles. The fourth-order valence-corrected chi connectivity index (χ4v) is 3.42. The predicted molar refractivity (Wildman–Crippen MR) is 81.8 cm³/mol. The molecule has 0 radical (unpaired) electrons. The second kappa shape index (κ2) is 7.53. The lowest BCUT2D eigenvalue weighted by atomic mass is 9.66. The highest BCUT2D eigenvalue weighted by atomic mass is 14.9. The standard InChI is InChI=1S/C17H35N/c1-6-7-8-15-11-17(4,5)10-9-16(15)13-18-12-14(2)3/h14-16,18H,6-13H2,1-5H3. The normalized spacial score (nSPS) is 27.7. The number of hydrogen-bond acceptors (Lipinski definition) is 1. The fourth-order valence-electron chi connectivity index (χ4n) is 3.42. The van der Waals surface area contributed by atoms with Crippen LogP contribution in [0.1, 0.15) is 73.1 Å². The number of rotatable bonds is 7. The van der Waals surface area contributed by atoms with Gasteiger partial charge in [0.25, 0.3) is 0 Å². The van der Waals surface area contributed by atoms with Crippen LogP contribution in [0.15, 0.2) is 0 Å². The summed E-state index contributed by atoms with van der Waals surface area (Å²) in [5, 5.41) is 3.69. The zero-order valence-electron chi connectivity index (χ0n) is 13.4. The molecule has 1 fully saturated rings. The Morgan fingerprint density at radius 2 is 1.94 bits per heavy atom. The van der Waals surface area contributed by atoms with Gasteiger partial charge in [-0.1, -0.05) is 53.9 Å². The molecule has 0 saturated heterocycles. The summed E-state index contributed by atoms with van der Waals surface area (Å²) in [4.78, 5) is 0. The monoisotopic (exact) mass is 253 g/mol. The van der Waals surface area contributed by atoms with Gasteiger partial charge in [-0.15, -0.1) is 0 Å². The van der Waals surface area contributed by atoms with Crippen molar-refractivity contribution in [2.24, 2.45) is 23.2 Å². The van der Waals surface area contributed by atoms with Crippen LogP contribution in [0.25, 0.3) is 0 Å². The Morgan fingerprint density at radius 1 is 1.22 bits per heavy atom. The van der Waals surface area contributed by atoms with Crippen molar-refractivity contribution in [2.75, 3.05) is 13.1 Å². The summed E-state index contributed by atoms with van der Waals surface area (Å²) >= 11 is 0. The molecule has 0 heterocycles. The van der Waals surface area contributed by atoms with Gasteiger partial charge in [0.05, 0.1) is 0 Å². The lowest BCUT2D eigenvalue weighted by Crippen LogP contribution is -2.37. The minimum absolute atomic E-state index is 0.590. The van der Waals surface area contributed by atoms with Gasteiger partial charge in [-0.2, -0.15) is 0 Å². The van der Waals surface area contributed by atoms with Gasteiger partial charge in [0, 0.05) is 0 Å². The maximum atomic E-state index is 3.69. The average molecular weight is 253 g/mol. The van der Waals surface area contributed by atoms with Crippen molar-refractivity contribution < 1.29 is 0 Å². The molecule has 0 amide bonds. The van der Waals surface area contributed by atoms with E-state index in [1.165, 1.54) is 51.6 Å². The van der Waals surface area contributed by atoms with E-state index >= 15 is 0 Å². The molecule has 18 heavy (non-hydrogen) atoms. The van der Waals surface area contributed by atoms with Crippen LogP contribution in [0.5, 0.6) is 0 Å². The number of hydrogen-bond donors (Lipinski definition) is 1. The molecule has 108 valence electrons. The summed E-state index contributed by atoms with van der Waals surface area (Å²) in [6, 6.07) is 0.